The Balaban J connectivity index is 2.14. The van der Waals surface area contributed by atoms with E-state index in [9.17, 15) is 9.59 Å². The Bertz CT molecular complexity index is 669. The zero-order chi connectivity index (χ0) is 13.6. The molecule has 2 aromatic rings. The van der Waals surface area contributed by atoms with Crippen molar-refractivity contribution >= 4 is 11.6 Å². The van der Waals surface area contributed by atoms with Crippen molar-refractivity contribution in [3.63, 3.8) is 0 Å². The molecular weight excluding hydrogens is 238 g/mol. The molecule has 1 heterocycles. The number of aryl methyl sites for hydroxylation is 2. The van der Waals surface area contributed by atoms with E-state index in [-0.39, 0.29) is 11.6 Å². The van der Waals surface area contributed by atoms with E-state index in [1.807, 2.05) is 19.9 Å². The summed E-state index contributed by atoms with van der Waals surface area (Å²) in [5.41, 5.74) is 3.52. The number of rotatable bonds is 1. The summed E-state index contributed by atoms with van der Waals surface area (Å²) in [6.07, 6.45) is 1.70. The Morgan fingerprint density at radius 2 is 1.58 bits per heavy atom. The topological polar surface area (TPSA) is 47.0 Å². The number of benzene rings is 1. The van der Waals surface area contributed by atoms with Crippen molar-refractivity contribution in [2.75, 3.05) is 0 Å². The molecule has 0 N–H and O–H groups in total. The average Bonchev–Trinajstić information content (AvgIpc) is 2.64. The lowest BCUT2D eigenvalue weighted by Gasteiger charge is -2.10. The van der Waals surface area contributed by atoms with Crippen molar-refractivity contribution in [1.82, 2.24) is 4.98 Å². The minimum atomic E-state index is -0.766. The molecule has 1 aromatic carbocycles. The van der Waals surface area contributed by atoms with E-state index in [0.29, 0.717) is 16.8 Å². The number of Topliss-reactive ketones (excluding diaryl/α,β-unsaturated/α-hetero) is 2. The lowest BCUT2D eigenvalue weighted by Crippen LogP contribution is -2.16. The predicted octanol–water partition coefficient (Wildman–Crippen LogP) is 2.86. The molecule has 3 heteroatoms. The summed E-state index contributed by atoms with van der Waals surface area (Å²) in [5, 5.41) is 0. The first-order chi connectivity index (χ1) is 9.09. The third kappa shape index (κ3) is 1.70. The summed E-state index contributed by atoms with van der Waals surface area (Å²) in [7, 11) is 0. The van der Waals surface area contributed by atoms with E-state index in [4.69, 9.17) is 0 Å². The summed E-state index contributed by atoms with van der Waals surface area (Å²) < 4.78 is 0. The molecule has 0 amide bonds. The second-order valence-electron chi connectivity index (χ2n) is 4.92. The first-order valence-corrected chi connectivity index (χ1v) is 6.20. The van der Waals surface area contributed by atoms with Crippen LogP contribution in [0.1, 0.15) is 43.5 Å². The van der Waals surface area contributed by atoms with Crippen molar-refractivity contribution in [3.05, 3.63) is 64.5 Å². The summed E-state index contributed by atoms with van der Waals surface area (Å²) in [6, 6.07) is 8.92. The Labute approximate surface area is 111 Å². The maximum Gasteiger partial charge on any atom is 0.180 e. The van der Waals surface area contributed by atoms with Gasteiger partial charge in [-0.3, -0.25) is 14.6 Å². The third-order valence-corrected chi connectivity index (χ3v) is 3.51. The van der Waals surface area contributed by atoms with Gasteiger partial charge >= 0.3 is 0 Å². The molecule has 1 aliphatic rings. The Kier molecular flexibility index (Phi) is 2.56. The standard InChI is InChI=1S/C16H13NO2/c1-9-7-10(2)14(17-8-9)13-15(18)11-5-3-4-6-12(11)16(13)19/h3-8,13H,1-2H3. The van der Waals surface area contributed by atoms with Gasteiger partial charge in [-0.2, -0.15) is 0 Å². The molecule has 0 saturated heterocycles. The summed E-state index contributed by atoms with van der Waals surface area (Å²) in [6.45, 7) is 3.83. The molecule has 19 heavy (non-hydrogen) atoms. The lowest BCUT2D eigenvalue weighted by atomic mass is 9.95. The fraction of sp³-hybridized carbons (Fsp3) is 0.188. The fourth-order valence-electron chi connectivity index (χ4n) is 2.62. The normalized spacial score (nSPS) is 14.8. The van der Waals surface area contributed by atoms with Gasteiger partial charge in [-0.15, -0.1) is 0 Å². The first-order valence-electron chi connectivity index (χ1n) is 6.20. The average molecular weight is 251 g/mol. The number of carbonyl (C=O) groups excluding carboxylic acids is 2. The van der Waals surface area contributed by atoms with Gasteiger partial charge in [0.1, 0.15) is 5.92 Å². The maximum atomic E-state index is 12.4. The van der Waals surface area contributed by atoms with Crippen LogP contribution in [-0.4, -0.2) is 16.6 Å². The summed E-state index contributed by atoms with van der Waals surface area (Å²) >= 11 is 0. The Morgan fingerprint density at radius 1 is 1.00 bits per heavy atom. The van der Waals surface area contributed by atoms with E-state index in [2.05, 4.69) is 4.98 Å². The number of hydrogen-bond donors (Lipinski definition) is 0. The highest BCUT2D eigenvalue weighted by molar-refractivity contribution is 6.29. The smallest absolute Gasteiger partial charge is 0.180 e. The van der Waals surface area contributed by atoms with Gasteiger partial charge in [0.15, 0.2) is 11.6 Å². The number of carbonyl (C=O) groups is 2. The van der Waals surface area contributed by atoms with Gasteiger partial charge in [0.2, 0.25) is 0 Å². The number of pyridine rings is 1. The highest BCUT2D eigenvalue weighted by atomic mass is 16.2. The van der Waals surface area contributed by atoms with Gasteiger partial charge in [-0.25, -0.2) is 0 Å². The van der Waals surface area contributed by atoms with Gasteiger partial charge in [0, 0.05) is 17.3 Å². The van der Waals surface area contributed by atoms with Crippen molar-refractivity contribution < 1.29 is 9.59 Å². The SMILES string of the molecule is Cc1cnc(C2C(=O)c3ccccc3C2=O)c(C)c1. The molecule has 0 bridgehead atoms. The molecule has 3 rings (SSSR count). The molecule has 0 aliphatic heterocycles. The van der Waals surface area contributed by atoms with Crippen LogP contribution in [0.3, 0.4) is 0 Å². The minimum Gasteiger partial charge on any atom is -0.293 e. The minimum absolute atomic E-state index is 0.139. The molecule has 1 aliphatic carbocycles. The number of aromatic nitrogens is 1. The van der Waals surface area contributed by atoms with E-state index in [1.54, 1.807) is 30.5 Å². The molecule has 0 atom stereocenters. The van der Waals surface area contributed by atoms with Crippen LogP contribution in [0.4, 0.5) is 0 Å². The van der Waals surface area contributed by atoms with Crippen LogP contribution in [0.15, 0.2) is 36.5 Å². The third-order valence-electron chi connectivity index (χ3n) is 3.51. The van der Waals surface area contributed by atoms with Gasteiger partial charge < -0.3 is 0 Å². The van der Waals surface area contributed by atoms with Crippen molar-refractivity contribution in [2.45, 2.75) is 19.8 Å². The zero-order valence-electron chi connectivity index (χ0n) is 10.8. The van der Waals surface area contributed by atoms with Crippen LogP contribution in [-0.2, 0) is 0 Å². The summed E-state index contributed by atoms with van der Waals surface area (Å²) in [4.78, 5) is 29.1. The highest BCUT2D eigenvalue weighted by Gasteiger charge is 2.40. The van der Waals surface area contributed by atoms with Crippen LogP contribution in [0.2, 0.25) is 0 Å². The number of hydrogen-bond acceptors (Lipinski definition) is 3. The van der Waals surface area contributed by atoms with Crippen LogP contribution >= 0.6 is 0 Å². The molecule has 3 nitrogen and oxygen atoms in total. The van der Waals surface area contributed by atoms with Crippen LogP contribution < -0.4 is 0 Å². The molecule has 0 fully saturated rings. The van der Waals surface area contributed by atoms with Crippen molar-refractivity contribution in [1.29, 1.82) is 0 Å². The number of nitrogens with zero attached hydrogens (tertiary/aromatic N) is 1. The van der Waals surface area contributed by atoms with Gasteiger partial charge in [0.05, 0.1) is 5.69 Å². The number of ketones is 2. The Morgan fingerprint density at radius 3 is 2.11 bits per heavy atom. The quantitative estimate of drug-likeness (QED) is 0.732. The second kappa shape index (κ2) is 4.12. The van der Waals surface area contributed by atoms with Gasteiger partial charge in [-0.05, 0) is 25.0 Å². The van der Waals surface area contributed by atoms with Crippen LogP contribution in [0.5, 0.6) is 0 Å². The van der Waals surface area contributed by atoms with Crippen molar-refractivity contribution in [3.8, 4) is 0 Å². The zero-order valence-corrected chi connectivity index (χ0v) is 10.8. The predicted molar refractivity (Wildman–Crippen MR) is 71.6 cm³/mol. The second-order valence-corrected chi connectivity index (χ2v) is 4.92. The number of fused-ring (bicyclic) bond motifs is 1. The van der Waals surface area contributed by atoms with E-state index < -0.39 is 5.92 Å². The maximum absolute atomic E-state index is 12.4. The molecule has 0 spiro atoms. The van der Waals surface area contributed by atoms with E-state index in [0.717, 1.165) is 11.1 Å². The highest BCUT2D eigenvalue weighted by Crippen LogP contribution is 2.34. The van der Waals surface area contributed by atoms with Gasteiger partial charge in [0.25, 0.3) is 0 Å². The lowest BCUT2D eigenvalue weighted by molar-refractivity contribution is 0.0887. The van der Waals surface area contributed by atoms with E-state index >= 15 is 0 Å². The van der Waals surface area contributed by atoms with E-state index in [1.165, 1.54) is 0 Å². The monoisotopic (exact) mass is 251 g/mol. The summed E-state index contributed by atoms with van der Waals surface area (Å²) in [5.74, 6) is -1.04. The first kappa shape index (κ1) is 11.8. The fourth-order valence-corrected chi connectivity index (χ4v) is 2.62. The van der Waals surface area contributed by atoms with Crippen LogP contribution in [0, 0.1) is 13.8 Å². The Hall–Kier alpha value is -2.29. The molecule has 94 valence electrons. The molecule has 0 saturated carbocycles. The molecule has 1 aromatic heterocycles. The largest absolute Gasteiger partial charge is 0.293 e. The molecule has 0 unspecified atom stereocenters. The van der Waals surface area contributed by atoms with Gasteiger partial charge in [-0.1, -0.05) is 30.3 Å². The molecular formula is C16H13NO2. The molecule has 0 radical (unpaired) electrons. The van der Waals surface area contributed by atoms with Crippen molar-refractivity contribution in [2.24, 2.45) is 0 Å². The van der Waals surface area contributed by atoms with Crippen LogP contribution in [0.25, 0.3) is 0 Å².